The van der Waals surface area contributed by atoms with Crippen LogP contribution in [0.4, 0.5) is 5.82 Å². The number of hydrogen-bond donors (Lipinski definition) is 3. The Hall–Kier alpha value is -2.53. The number of fused-ring (bicyclic) bond motifs is 2. The summed E-state index contributed by atoms with van der Waals surface area (Å²) in [4.78, 5) is 9.03. The molecule has 1 aromatic carbocycles. The van der Waals surface area contributed by atoms with Crippen molar-refractivity contribution in [3.63, 3.8) is 0 Å². The van der Waals surface area contributed by atoms with Gasteiger partial charge < -0.3 is 15.0 Å². The molecule has 9 nitrogen and oxygen atoms in total. The van der Waals surface area contributed by atoms with Crippen molar-refractivity contribution in [2.75, 3.05) is 11.9 Å². The Morgan fingerprint density at radius 2 is 2.06 bits per heavy atom. The van der Waals surface area contributed by atoms with E-state index < -0.39 is 16.4 Å². The monoisotopic (exact) mass is 457 g/mol. The Bertz CT molecular complexity index is 1230. The van der Waals surface area contributed by atoms with E-state index in [2.05, 4.69) is 48.3 Å². The molecule has 10 heteroatoms. The molecule has 170 valence electrons. The van der Waals surface area contributed by atoms with Crippen LogP contribution in [-0.2, 0) is 20.9 Å². The van der Waals surface area contributed by atoms with Crippen LogP contribution >= 0.6 is 0 Å². The summed E-state index contributed by atoms with van der Waals surface area (Å²) in [6.45, 7) is -0.0290. The van der Waals surface area contributed by atoms with Crippen LogP contribution in [0.2, 0.25) is 0 Å². The van der Waals surface area contributed by atoms with Gasteiger partial charge in [-0.25, -0.2) is 15.1 Å². The third-order valence-electron chi connectivity index (χ3n) is 6.72. The van der Waals surface area contributed by atoms with Gasteiger partial charge >= 0.3 is 10.3 Å². The van der Waals surface area contributed by atoms with Crippen LogP contribution in [0.5, 0.6) is 0 Å². The molecule has 2 aromatic heterocycles. The van der Waals surface area contributed by atoms with Gasteiger partial charge in [0.1, 0.15) is 17.8 Å². The maximum absolute atomic E-state index is 11.0. The molecule has 0 saturated heterocycles. The maximum atomic E-state index is 11.0. The summed E-state index contributed by atoms with van der Waals surface area (Å²) in [6.07, 6.45) is 6.83. The highest BCUT2D eigenvalue weighted by atomic mass is 32.2. The molecule has 0 radical (unpaired) electrons. The molecule has 2 aliphatic rings. The third-order valence-corrected chi connectivity index (χ3v) is 7.21. The summed E-state index contributed by atoms with van der Waals surface area (Å²) >= 11 is 0. The predicted molar refractivity (Wildman–Crippen MR) is 120 cm³/mol. The molecule has 0 bridgehead atoms. The summed E-state index contributed by atoms with van der Waals surface area (Å²) in [5.41, 5.74) is 3.53. The van der Waals surface area contributed by atoms with Crippen molar-refractivity contribution in [2.24, 2.45) is 11.1 Å². The van der Waals surface area contributed by atoms with Crippen LogP contribution in [0, 0.1) is 5.92 Å². The van der Waals surface area contributed by atoms with Gasteiger partial charge in [0.05, 0.1) is 24.1 Å². The van der Waals surface area contributed by atoms with Crippen molar-refractivity contribution in [2.45, 2.75) is 50.3 Å². The summed E-state index contributed by atoms with van der Waals surface area (Å²) in [5, 5.41) is 19.9. The van der Waals surface area contributed by atoms with Gasteiger partial charge in [-0.3, -0.25) is 4.18 Å². The number of aryl methyl sites for hydroxylation is 1. The zero-order valence-corrected chi connectivity index (χ0v) is 18.4. The smallest absolute Gasteiger partial charge is 0.333 e. The average molecular weight is 458 g/mol. The minimum absolute atomic E-state index is 0.0290. The molecule has 2 heterocycles. The number of nitrogens with two attached hydrogens (primary N) is 1. The highest BCUT2D eigenvalue weighted by Gasteiger charge is 2.34. The fraction of sp³-hybridized carbons (Fsp3) is 0.455. The summed E-state index contributed by atoms with van der Waals surface area (Å²) in [7, 11) is -3.96. The first-order valence-electron chi connectivity index (χ1n) is 10.9. The van der Waals surface area contributed by atoms with Crippen LogP contribution in [0.3, 0.4) is 0 Å². The van der Waals surface area contributed by atoms with Crippen molar-refractivity contribution in [3.05, 3.63) is 54.0 Å². The van der Waals surface area contributed by atoms with E-state index in [4.69, 9.17) is 5.14 Å². The molecule has 1 fully saturated rings. The first-order chi connectivity index (χ1) is 15.4. The zero-order valence-electron chi connectivity index (χ0n) is 17.6. The lowest BCUT2D eigenvalue weighted by Gasteiger charge is -2.16. The lowest BCUT2D eigenvalue weighted by Crippen LogP contribution is -2.20. The number of anilines is 1. The minimum Gasteiger partial charge on any atom is -0.393 e. The van der Waals surface area contributed by atoms with Crippen LogP contribution in [0.1, 0.15) is 48.9 Å². The predicted octanol–water partition coefficient (Wildman–Crippen LogP) is 2.45. The second-order valence-corrected chi connectivity index (χ2v) is 9.89. The van der Waals surface area contributed by atoms with Crippen LogP contribution < -0.4 is 10.5 Å². The van der Waals surface area contributed by atoms with E-state index in [0.717, 1.165) is 29.7 Å². The van der Waals surface area contributed by atoms with Crippen molar-refractivity contribution < 1.29 is 17.7 Å². The quantitative estimate of drug-likeness (QED) is 0.496. The Balaban J connectivity index is 1.32. The molecule has 5 rings (SSSR count). The number of aromatic nitrogens is 3. The lowest BCUT2D eigenvalue weighted by atomic mass is 10.0. The second-order valence-electron chi connectivity index (χ2n) is 8.67. The fourth-order valence-corrected chi connectivity index (χ4v) is 5.51. The highest BCUT2D eigenvalue weighted by molar-refractivity contribution is 7.84. The largest absolute Gasteiger partial charge is 0.393 e. The Morgan fingerprint density at radius 1 is 1.22 bits per heavy atom. The summed E-state index contributed by atoms with van der Waals surface area (Å²) < 4.78 is 28.7. The average Bonchev–Trinajstić information content (AvgIpc) is 3.45. The molecule has 0 unspecified atom stereocenters. The Kier molecular flexibility index (Phi) is 5.62. The fourth-order valence-electron chi connectivity index (χ4n) is 5.18. The SMILES string of the molecule is NS(=O)(=O)OCC[C@@H]1C[C@@H](n2ccc3c(N[C@H]4CCc5ccccc54)ncnc32)C[C@@H]1O. The first-order valence-corrected chi connectivity index (χ1v) is 12.4. The van der Waals surface area contributed by atoms with E-state index in [1.165, 1.54) is 11.1 Å². The number of benzene rings is 1. The number of nitrogens with zero attached hydrogens (tertiary/aromatic N) is 3. The molecule has 2 aliphatic carbocycles. The molecule has 32 heavy (non-hydrogen) atoms. The summed E-state index contributed by atoms with van der Waals surface area (Å²) in [6, 6.07) is 10.8. The molecular weight excluding hydrogens is 430 g/mol. The zero-order chi connectivity index (χ0) is 22.3. The van der Waals surface area contributed by atoms with Gasteiger partial charge in [-0.2, -0.15) is 8.42 Å². The van der Waals surface area contributed by atoms with E-state index in [0.29, 0.717) is 19.3 Å². The van der Waals surface area contributed by atoms with Crippen LogP contribution in [-0.4, -0.2) is 40.8 Å². The highest BCUT2D eigenvalue weighted by Crippen LogP contribution is 2.40. The molecule has 4 atom stereocenters. The molecule has 0 amide bonds. The normalized spacial score (nSPS) is 25.3. The number of hydrogen-bond acceptors (Lipinski definition) is 7. The van der Waals surface area contributed by atoms with E-state index in [9.17, 15) is 13.5 Å². The first kappa shape index (κ1) is 21.3. The minimum atomic E-state index is -3.96. The van der Waals surface area contributed by atoms with Crippen LogP contribution in [0.25, 0.3) is 11.0 Å². The van der Waals surface area contributed by atoms with Crippen molar-refractivity contribution >= 4 is 27.2 Å². The molecule has 3 aromatic rings. The molecular formula is C22H27N5O4S. The van der Waals surface area contributed by atoms with Gasteiger partial charge in [-0.05, 0) is 55.2 Å². The van der Waals surface area contributed by atoms with Gasteiger partial charge in [-0.1, -0.05) is 24.3 Å². The van der Waals surface area contributed by atoms with Crippen molar-refractivity contribution in [3.8, 4) is 0 Å². The Morgan fingerprint density at radius 3 is 2.91 bits per heavy atom. The molecule has 1 saturated carbocycles. The number of nitrogens with one attached hydrogen (secondary N) is 1. The van der Waals surface area contributed by atoms with Crippen LogP contribution in [0.15, 0.2) is 42.9 Å². The van der Waals surface area contributed by atoms with Crippen molar-refractivity contribution in [1.29, 1.82) is 0 Å². The standard InChI is InChI=1S/C22H27N5O4S/c23-32(29,30)31-10-8-15-11-16(12-20(15)28)27-9-7-18-21(24-13-25-22(18)27)26-19-6-5-14-3-1-2-4-17(14)19/h1-4,7,9,13,15-16,19-20,28H,5-6,8,10-12H2,(H2,23,29,30)(H,24,25,26)/t15-,16-,19+,20+/m1/s1. The number of aliphatic hydroxyl groups excluding tert-OH is 1. The lowest BCUT2D eigenvalue weighted by molar-refractivity contribution is 0.116. The topological polar surface area (TPSA) is 132 Å². The van der Waals surface area contributed by atoms with Gasteiger partial charge in [0.15, 0.2) is 0 Å². The van der Waals surface area contributed by atoms with Gasteiger partial charge in [-0.15, -0.1) is 0 Å². The van der Waals surface area contributed by atoms with E-state index >= 15 is 0 Å². The number of aliphatic hydroxyl groups is 1. The molecule has 0 aliphatic heterocycles. The van der Waals surface area contributed by atoms with Gasteiger partial charge in [0.2, 0.25) is 0 Å². The van der Waals surface area contributed by atoms with Crippen molar-refractivity contribution in [1.82, 2.24) is 14.5 Å². The molecule has 4 N–H and O–H groups in total. The maximum Gasteiger partial charge on any atom is 0.333 e. The molecule has 0 spiro atoms. The van der Waals surface area contributed by atoms with E-state index in [1.807, 2.05) is 12.3 Å². The van der Waals surface area contributed by atoms with E-state index in [1.54, 1.807) is 6.33 Å². The Labute approximate surface area is 186 Å². The number of rotatable bonds is 7. The van der Waals surface area contributed by atoms with E-state index in [-0.39, 0.29) is 24.6 Å². The third kappa shape index (κ3) is 4.23. The van der Waals surface area contributed by atoms with Gasteiger partial charge in [0, 0.05) is 12.2 Å². The van der Waals surface area contributed by atoms with Gasteiger partial charge in [0.25, 0.3) is 0 Å². The second kappa shape index (κ2) is 8.43. The summed E-state index contributed by atoms with van der Waals surface area (Å²) in [5.74, 6) is 0.751.